The molecular formula is C20H18Cl2N2O3. The molecule has 140 valence electrons. The molecule has 0 aliphatic heterocycles. The van der Waals surface area contributed by atoms with Gasteiger partial charge in [0.05, 0.1) is 21.3 Å². The molecule has 7 heteroatoms. The van der Waals surface area contributed by atoms with Crippen molar-refractivity contribution in [3.05, 3.63) is 63.3 Å². The summed E-state index contributed by atoms with van der Waals surface area (Å²) in [7, 11) is 0. The second kappa shape index (κ2) is 7.62. The van der Waals surface area contributed by atoms with Crippen LogP contribution in [0.3, 0.4) is 0 Å². The first-order chi connectivity index (χ1) is 12.8. The maximum absolute atomic E-state index is 12.4. The molecule has 2 N–H and O–H groups in total. The Morgan fingerprint density at radius 3 is 2.63 bits per heavy atom. The van der Waals surface area contributed by atoms with Crippen LogP contribution in [0.5, 0.6) is 0 Å². The predicted octanol–water partition coefficient (Wildman–Crippen LogP) is 5.28. The lowest BCUT2D eigenvalue weighted by Gasteiger charge is -2.14. The number of esters is 1. The molecule has 0 saturated carbocycles. The van der Waals surface area contributed by atoms with Crippen LogP contribution in [-0.2, 0) is 9.53 Å². The Balaban J connectivity index is 1.72. The Morgan fingerprint density at radius 1 is 1.15 bits per heavy atom. The highest BCUT2D eigenvalue weighted by Crippen LogP contribution is 2.29. The van der Waals surface area contributed by atoms with E-state index in [2.05, 4.69) is 10.3 Å². The van der Waals surface area contributed by atoms with Gasteiger partial charge in [-0.25, -0.2) is 4.79 Å². The average Bonchev–Trinajstić information content (AvgIpc) is 2.92. The Kier molecular flexibility index (Phi) is 5.44. The number of anilines is 1. The van der Waals surface area contributed by atoms with E-state index in [1.165, 1.54) is 6.92 Å². The monoisotopic (exact) mass is 404 g/mol. The zero-order valence-corrected chi connectivity index (χ0v) is 16.5. The van der Waals surface area contributed by atoms with Crippen molar-refractivity contribution < 1.29 is 14.3 Å². The molecule has 0 spiro atoms. The van der Waals surface area contributed by atoms with Crippen LogP contribution in [0, 0.1) is 13.8 Å². The number of fused-ring (bicyclic) bond motifs is 1. The molecule has 2 aromatic carbocycles. The van der Waals surface area contributed by atoms with Crippen molar-refractivity contribution in [1.29, 1.82) is 0 Å². The number of benzene rings is 2. The molecule has 3 aromatic rings. The van der Waals surface area contributed by atoms with Gasteiger partial charge in [-0.1, -0.05) is 29.3 Å². The Labute approximate surface area is 166 Å². The second-order valence-corrected chi connectivity index (χ2v) is 7.06. The van der Waals surface area contributed by atoms with Crippen molar-refractivity contribution in [2.24, 2.45) is 0 Å². The number of nitrogens with one attached hydrogen (secondary N) is 2. The summed E-state index contributed by atoms with van der Waals surface area (Å²) in [5, 5.41) is 4.12. The second-order valence-electron chi connectivity index (χ2n) is 6.27. The lowest BCUT2D eigenvalue weighted by molar-refractivity contribution is -0.123. The first-order valence-electron chi connectivity index (χ1n) is 8.32. The minimum Gasteiger partial charge on any atom is -0.449 e. The van der Waals surface area contributed by atoms with Crippen LogP contribution in [0.4, 0.5) is 5.69 Å². The summed E-state index contributed by atoms with van der Waals surface area (Å²) >= 11 is 12.0. The van der Waals surface area contributed by atoms with E-state index in [0.29, 0.717) is 16.3 Å². The summed E-state index contributed by atoms with van der Waals surface area (Å²) in [6.45, 7) is 5.45. The first kappa shape index (κ1) is 19.3. The smallest absolute Gasteiger partial charge is 0.338 e. The number of ether oxygens (including phenoxy) is 1. The van der Waals surface area contributed by atoms with Crippen LogP contribution in [0.2, 0.25) is 10.0 Å². The van der Waals surface area contributed by atoms with Crippen LogP contribution in [0.15, 0.2) is 36.4 Å². The summed E-state index contributed by atoms with van der Waals surface area (Å²) < 4.78 is 5.30. The number of hydrogen-bond donors (Lipinski definition) is 2. The van der Waals surface area contributed by atoms with Gasteiger partial charge in [0.1, 0.15) is 0 Å². The third kappa shape index (κ3) is 3.94. The van der Waals surface area contributed by atoms with Crippen molar-refractivity contribution in [2.45, 2.75) is 26.9 Å². The third-order valence-corrected chi connectivity index (χ3v) is 5.23. The van der Waals surface area contributed by atoms with Crippen LogP contribution in [0.1, 0.15) is 28.5 Å². The van der Waals surface area contributed by atoms with E-state index in [0.717, 1.165) is 22.2 Å². The highest BCUT2D eigenvalue weighted by Gasteiger charge is 2.21. The lowest BCUT2D eigenvalue weighted by atomic mass is 10.1. The Hall–Kier alpha value is -2.50. The molecule has 0 aliphatic carbocycles. The molecule has 0 unspecified atom stereocenters. The summed E-state index contributed by atoms with van der Waals surface area (Å²) in [5.41, 5.74) is 3.80. The van der Waals surface area contributed by atoms with E-state index >= 15 is 0 Å². The standard InChI is InChI=1S/C20H18Cl2N2O3/c1-10-11(2)23-16-8-7-13(9-14(10)16)20(26)27-12(3)19(25)24-17-6-4-5-15(21)18(17)22/h4-9,12,23H,1-3H3,(H,24,25)/t12-/m0/s1. The van der Waals surface area contributed by atoms with Gasteiger partial charge in [0.2, 0.25) is 0 Å². The SMILES string of the molecule is Cc1[nH]c2ccc(C(=O)O[C@@H](C)C(=O)Nc3cccc(Cl)c3Cl)cc2c1C. The van der Waals surface area contributed by atoms with E-state index in [-0.39, 0.29) is 5.02 Å². The number of amides is 1. The number of carbonyl (C=O) groups excluding carboxylic acids is 2. The lowest BCUT2D eigenvalue weighted by Crippen LogP contribution is -2.30. The summed E-state index contributed by atoms with van der Waals surface area (Å²) in [4.78, 5) is 28.0. The number of hydrogen-bond acceptors (Lipinski definition) is 3. The number of aromatic amines is 1. The maximum Gasteiger partial charge on any atom is 0.338 e. The van der Waals surface area contributed by atoms with Gasteiger partial charge in [-0.05, 0) is 56.7 Å². The van der Waals surface area contributed by atoms with Gasteiger partial charge in [0.25, 0.3) is 5.91 Å². The highest BCUT2D eigenvalue weighted by atomic mass is 35.5. The number of halogens is 2. The van der Waals surface area contributed by atoms with Crippen LogP contribution < -0.4 is 5.32 Å². The molecule has 1 atom stereocenters. The van der Waals surface area contributed by atoms with Gasteiger partial charge in [0.15, 0.2) is 6.10 Å². The van der Waals surface area contributed by atoms with Crippen LogP contribution in [0.25, 0.3) is 10.9 Å². The first-order valence-corrected chi connectivity index (χ1v) is 9.08. The fraction of sp³-hybridized carbons (Fsp3) is 0.200. The van der Waals surface area contributed by atoms with Gasteiger partial charge >= 0.3 is 5.97 Å². The number of H-pyrrole nitrogens is 1. The number of rotatable bonds is 4. The number of carbonyl (C=O) groups is 2. The zero-order chi connectivity index (χ0) is 19.7. The Morgan fingerprint density at radius 2 is 1.89 bits per heavy atom. The largest absolute Gasteiger partial charge is 0.449 e. The fourth-order valence-corrected chi connectivity index (χ4v) is 3.05. The van der Waals surface area contributed by atoms with Gasteiger partial charge in [-0.15, -0.1) is 0 Å². The van der Waals surface area contributed by atoms with Crippen molar-refractivity contribution in [3.8, 4) is 0 Å². The van der Waals surface area contributed by atoms with Crippen molar-refractivity contribution in [1.82, 2.24) is 4.98 Å². The van der Waals surface area contributed by atoms with E-state index in [1.807, 2.05) is 19.9 Å². The predicted molar refractivity (Wildman–Crippen MR) is 108 cm³/mol. The van der Waals surface area contributed by atoms with Gasteiger partial charge < -0.3 is 15.0 Å². The molecule has 1 aromatic heterocycles. The summed E-state index contributed by atoms with van der Waals surface area (Å²) in [5.74, 6) is -1.07. The third-order valence-electron chi connectivity index (χ3n) is 4.41. The molecule has 0 aliphatic rings. The molecule has 0 saturated heterocycles. The number of aryl methyl sites for hydroxylation is 2. The minimum atomic E-state index is -1.00. The normalized spacial score (nSPS) is 12.0. The van der Waals surface area contributed by atoms with Gasteiger partial charge in [-0.3, -0.25) is 4.79 Å². The molecule has 1 amide bonds. The quantitative estimate of drug-likeness (QED) is 0.581. The van der Waals surface area contributed by atoms with E-state index < -0.39 is 18.0 Å². The number of aromatic nitrogens is 1. The fourth-order valence-electron chi connectivity index (χ4n) is 2.71. The molecule has 0 radical (unpaired) electrons. The molecule has 1 heterocycles. The van der Waals surface area contributed by atoms with Gasteiger partial charge in [-0.2, -0.15) is 0 Å². The van der Waals surface area contributed by atoms with Gasteiger partial charge in [0, 0.05) is 16.6 Å². The average molecular weight is 405 g/mol. The molecular weight excluding hydrogens is 387 g/mol. The molecule has 0 bridgehead atoms. The van der Waals surface area contributed by atoms with E-state index in [4.69, 9.17) is 27.9 Å². The Bertz CT molecular complexity index is 1040. The van der Waals surface area contributed by atoms with Crippen molar-refractivity contribution >= 4 is 51.7 Å². The topological polar surface area (TPSA) is 71.2 Å². The summed E-state index contributed by atoms with van der Waals surface area (Å²) in [6.07, 6.45) is -1.00. The molecule has 0 fully saturated rings. The maximum atomic E-state index is 12.4. The van der Waals surface area contributed by atoms with Crippen molar-refractivity contribution in [2.75, 3.05) is 5.32 Å². The minimum absolute atomic E-state index is 0.231. The molecule has 3 rings (SSSR count). The molecule has 27 heavy (non-hydrogen) atoms. The highest BCUT2D eigenvalue weighted by molar-refractivity contribution is 6.44. The zero-order valence-electron chi connectivity index (χ0n) is 15.0. The molecule has 5 nitrogen and oxygen atoms in total. The summed E-state index contributed by atoms with van der Waals surface area (Å²) in [6, 6.07) is 10.1. The van der Waals surface area contributed by atoms with Crippen LogP contribution >= 0.6 is 23.2 Å². The van der Waals surface area contributed by atoms with E-state index in [1.54, 1.807) is 30.3 Å². The van der Waals surface area contributed by atoms with Crippen LogP contribution in [-0.4, -0.2) is 23.0 Å². The van der Waals surface area contributed by atoms with E-state index in [9.17, 15) is 9.59 Å². The van der Waals surface area contributed by atoms with Crippen molar-refractivity contribution in [3.63, 3.8) is 0 Å².